The fraction of sp³-hybridized carbons (Fsp3) is 0.769. The first-order valence-corrected chi connectivity index (χ1v) is 6.14. The topological polar surface area (TPSA) is 37.3 Å². The van der Waals surface area contributed by atoms with E-state index in [9.17, 15) is 4.79 Å². The molecule has 0 atom stereocenters. The molecule has 0 radical (unpaired) electrons. The third-order valence-corrected chi connectivity index (χ3v) is 2.49. The Bertz CT molecular complexity index is 195. The number of carboxylic acids is 1. The molecule has 1 N–H and O–H groups in total. The number of allylic oxidation sites excluding steroid dienone is 1. The summed E-state index contributed by atoms with van der Waals surface area (Å²) < 4.78 is 0. The van der Waals surface area contributed by atoms with Crippen molar-refractivity contribution in [1.82, 2.24) is 0 Å². The van der Waals surface area contributed by atoms with Crippen molar-refractivity contribution in [2.24, 2.45) is 0 Å². The van der Waals surface area contributed by atoms with Gasteiger partial charge in [0.1, 0.15) is 0 Å². The van der Waals surface area contributed by atoms with E-state index in [2.05, 4.69) is 6.92 Å². The van der Waals surface area contributed by atoms with E-state index in [0.29, 0.717) is 12.0 Å². The Morgan fingerprint density at radius 2 is 1.73 bits per heavy atom. The number of rotatable bonds is 9. The molecule has 88 valence electrons. The molecule has 0 saturated heterocycles. The molecule has 0 aliphatic carbocycles. The first kappa shape index (κ1) is 14.2. The fourth-order valence-corrected chi connectivity index (χ4v) is 1.59. The first-order chi connectivity index (χ1) is 7.22. The lowest BCUT2D eigenvalue weighted by Crippen LogP contribution is -2.00. The maximum atomic E-state index is 10.8. The molecule has 0 heterocycles. The van der Waals surface area contributed by atoms with Gasteiger partial charge in [0, 0.05) is 5.57 Å². The zero-order valence-corrected chi connectivity index (χ0v) is 10.1. The predicted octanol–water partition coefficient (Wildman–Crippen LogP) is 4.16. The van der Waals surface area contributed by atoms with E-state index in [1.807, 2.05) is 13.0 Å². The third kappa shape index (κ3) is 8.22. The standard InChI is InChI=1S/C13H24O2/c1-3-5-6-7-8-9-11-12(10-4-2)13(14)15/h11H,3-10H2,1-2H3,(H,14,15). The minimum absolute atomic E-state index is 0.591. The third-order valence-electron chi connectivity index (χ3n) is 2.49. The van der Waals surface area contributed by atoms with Crippen LogP contribution in [0.5, 0.6) is 0 Å². The Morgan fingerprint density at radius 1 is 1.07 bits per heavy atom. The summed E-state index contributed by atoms with van der Waals surface area (Å²) in [6.07, 6.45) is 10.6. The fourth-order valence-electron chi connectivity index (χ4n) is 1.59. The molecule has 0 saturated carbocycles. The Hall–Kier alpha value is -0.790. The average Bonchev–Trinajstić information content (AvgIpc) is 2.21. The number of aliphatic carboxylic acids is 1. The molecule has 2 nitrogen and oxygen atoms in total. The summed E-state index contributed by atoms with van der Waals surface area (Å²) in [7, 11) is 0. The molecule has 0 amide bonds. The van der Waals surface area contributed by atoms with Gasteiger partial charge in [-0.15, -0.1) is 0 Å². The Balaban J connectivity index is 3.65. The zero-order chi connectivity index (χ0) is 11.5. The maximum absolute atomic E-state index is 10.8. The van der Waals surface area contributed by atoms with Crippen LogP contribution in [0.25, 0.3) is 0 Å². The zero-order valence-electron chi connectivity index (χ0n) is 10.1. The molecule has 0 bridgehead atoms. The number of hydrogen-bond acceptors (Lipinski definition) is 1. The van der Waals surface area contributed by atoms with Crippen LogP contribution in [0.3, 0.4) is 0 Å². The lowest BCUT2D eigenvalue weighted by molar-refractivity contribution is -0.132. The molecule has 0 fully saturated rings. The Morgan fingerprint density at radius 3 is 2.27 bits per heavy atom. The minimum Gasteiger partial charge on any atom is -0.478 e. The average molecular weight is 212 g/mol. The van der Waals surface area contributed by atoms with Crippen LogP contribution in [0.15, 0.2) is 11.6 Å². The van der Waals surface area contributed by atoms with Crippen LogP contribution >= 0.6 is 0 Å². The Kier molecular flexibility index (Phi) is 9.24. The Labute approximate surface area is 93.4 Å². The lowest BCUT2D eigenvalue weighted by Gasteiger charge is -2.00. The quantitative estimate of drug-likeness (QED) is 0.460. The van der Waals surface area contributed by atoms with Gasteiger partial charge in [-0.3, -0.25) is 0 Å². The molecule has 0 aromatic rings. The van der Waals surface area contributed by atoms with Gasteiger partial charge in [-0.1, -0.05) is 52.0 Å². The summed E-state index contributed by atoms with van der Waals surface area (Å²) in [6.45, 7) is 4.21. The van der Waals surface area contributed by atoms with E-state index >= 15 is 0 Å². The minimum atomic E-state index is -0.745. The van der Waals surface area contributed by atoms with Crippen molar-refractivity contribution in [3.8, 4) is 0 Å². The van der Waals surface area contributed by atoms with Crippen LogP contribution in [-0.2, 0) is 4.79 Å². The van der Waals surface area contributed by atoms with Crippen LogP contribution in [-0.4, -0.2) is 11.1 Å². The van der Waals surface area contributed by atoms with Gasteiger partial charge < -0.3 is 5.11 Å². The molecule has 0 rings (SSSR count). The lowest BCUT2D eigenvalue weighted by atomic mass is 10.1. The summed E-state index contributed by atoms with van der Waals surface area (Å²) in [6, 6.07) is 0. The van der Waals surface area contributed by atoms with E-state index < -0.39 is 5.97 Å². The van der Waals surface area contributed by atoms with Gasteiger partial charge >= 0.3 is 5.97 Å². The van der Waals surface area contributed by atoms with Crippen molar-refractivity contribution in [1.29, 1.82) is 0 Å². The number of hydrogen-bond donors (Lipinski definition) is 1. The second-order valence-corrected chi connectivity index (χ2v) is 3.99. The smallest absolute Gasteiger partial charge is 0.331 e. The van der Waals surface area contributed by atoms with Gasteiger partial charge in [0.05, 0.1) is 0 Å². The SMILES string of the molecule is CCCCCCCC=C(CCC)C(=O)O. The summed E-state index contributed by atoms with van der Waals surface area (Å²) >= 11 is 0. The predicted molar refractivity (Wildman–Crippen MR) is 64.0 cm³/mol. The molecule has 0 spiro atoms. The normalized spacial score (nSPS) is 11.7. The van der Waals surface area contributed by atoms with Crippen molar-refractivity contribution in [3.05, 3.63) is 11.6 Å². The van der Waals surface area contributed by atoms with Gasteiger partial charge in [0.15, 0.2) is 0 Å². The van der Waals surface area contributed by atoms with Crippen LogP contribution in [0.1, 0.15) is 65.2 Å². The number of carbonyl (C=O) groups is 1. The van der Waals surface area contributed by atoms with Crippen molar-refractivity contribution >= 4 is 5.97 Å². The summed E-state index contributed by atoms with van der Waals surface area (Å²) in [5, 5.41) is 8.88. The van der Waals surface area contributed by atoms with E-state index in [1.165, 1.54) is 25.7 Å². The van der Waals surface area contributed by atoms with Crippen molar-refractivity contribution < 1.29 is 9.90 Å². The molecule has 0 aliphatic rings. The summed E-state index contributed by atoms with van der Waals surface area (Å²) in [4.78, 5) is 10.8. The molecule has 2 heteroatoms. The summed E-state index contributed by atoms with van der Waals surface area (Å²) in [5.74, 6) is -0.745. The van der Waals surface area contributed by atoms with Gasteiger partial charge in [-0.05, 0) is 19.3 Å². The van der Waals surface area contributed by atoms with Crippen molar-refractivity contribution in [2.45, 2.75) is 65.2 Å². The first-order valence-electron chi connectivity index (χ1n) is 6.14. The molecule has 0 aliphatic heterocycles. The molecule has 0 unspecified atom stereocenters. The van der Waals surface area contributed by atoms with Gasteiger partial charge in [-0.2, -0.15) is 0 Å². The van der Waals surface area contributed by atoms with Crippen LogP contribution in [0.2, 0.25) is 0 Å². The number of unbranched alkanes of at least 4 members (excludes halogenated alkanes) is 5. The van der Waals surface area contributed by atoms with Crippen molar-refractivity contribution in [2.75, 3.05) is 0 Å². The van der Waals surface area contributed by atoms with E-state index in [4.69, 9.17) is 5.11 Å². The highest BCUT2D eigenvalue weighted by atomic mass is 16.4. The highest BCUT2D eigenvalue weighted by molar-refractivity contribution is 5.86. The monoisotopic (exact) mass is 212 g/mol. The van der Waals surface area contributed by atoms with E-state index in [1.54, 1.807) is 0 Å². The maximum Gasteiger partial charge on any atom is 0.331 e. The van der Waals surface area contributed by atoms with Gasteiger partial charge in [-0.25, -0.2) is 4.79 Å². The van der Waals surface area contributed by atoms with E-state index in [0.717, 1.165) is 19.3 Å². The second kappa shape index (κ2) is 9.75. The molecular weight excluding hydrogens is 188 g/mol. The van der Waals surface area contributed by atoms with Gasteiger partial charge in [0.2, 0.25) is 0 Å². The second-order valence-electron chi connectivity index (χ2n) is 3.99. The molecule has 15 heavy (non-hydrogen) atoms. The largest absolute Gasteiger partial charge is 0.478 e. The van der Waals surface area contributed by atoms with E-state index in [-0.39, 0.29) is 0 Å². The van der Waals surface area contributed by atoms with Gasteiger partial charge in [0.25, 0.3) is 0 Å². The molecule has 0 aromatic carbocycles. The summed E-state index contributed by atoms with van der Waals surface area (Å²) in [5.41, 5.74) is 0.591. The van der Waals surface area contributed by atoms with Crippen molar-refractivity contribution in [3.63, 3.8) is 0 Å². The molecule has 0 aromatic heterocycles. The highest BCUT2D eigenvalue weighted by Crippen LogP contribution is 2.10. The van der Waals surface area contributed by atoms with Crippen LogP contribution < -0.4 is 0 Å². The highest BCUT2D eigenvalue weighted by Gasteiger charge is 2.04. The molecular formula is C13H24O2. The van der Waals surface area contributed by atoms with Crippen LogP contribution in [0.4, 0.5) is 0 Å². The number of carboxylic acid groups (broad SMARTS) is 1. The van der Waals surface area contributed by atoms with Crippen LogP contribution in [0, 0.1) is 0 Å².